The Kier molecular flexibility index (Phi) is 2.86. The van der Waals surface area contributed by atoms with E-state index in [2.05, 4.69) is 32.0 Å². The van der Waals surface area contributed by atoms with Crippen molar-refractivity contribution in [2.75, 3.05) is 13.2 Å². The minimum Gasteiger partial charge on any atom is -0.363 e. The number of carbonyl (C=O) groups excluding carboxylic acids is 1. The lowest BCUT2D eigenvalue weighted by atomic mass is 9.93. The molecule has 18 heavy (non-hydrogen) atoms. The van der Waals surface area contributed by atoms with Crippen molar-refractivity contribution in [1.29, 1.82) is 0 Å². The standard InChI is InChI=1S/C15H19NO2/c1-10(2)12-4-3-11-5-6-16(8-13(11)7-12)15(17)14-9-18-14/h3-4,7,10,14H,5-6,8-9H2,1-2H3. The van der Waals surface area contributed by atoms with Crippen molar-refractivity contribution < 1.29 is 9.53 Å². The Labute approximate surface area is 108 Å². The van der Waals surface area contributed by atoms with Crippen molar-refractivity contribution in [3.63, 3.8) is 0 Å². The monoisotopic (exact) mass is 245 g/mol. The van der Waals surface area contributed by atoms with Crippen molar-refractivity contribution in [1.82, 2.24) is 4.90 Å². The van der Waals surface area contributed by atoms with Gasteiger partial charge in [-0.15, -0.1) is 0 Å². The SMILES string of the molecule is CC(C)c1ccc2c(c1)CN(C(=O)C1CO1)CC2. The fourth-order valence-electron chi connectivity index (χ4n) is 2.52. The molecular weight excluding hydrogens is 226 g/mol. The van der Waals surface area contributed by atoms with E-state index in [1.807, 2.05) is 4.90 Å². The Hall–Kier alpha value is -1.35. The van der Waals surface area contributed by atoms with E-state index in [1.54, 1.807) is 0 Å². The second-order valence-corrected chi connectivity index (χ2v) is 5.51. The third kappa shape index (κ3) is 2.15. The fraction of sp³-hybridized carbons (Fsp3) is 0.533. The van der Waals surface area contributed by atoms with Crippen LogP contribution < -0.4 is 0 Å². The highest BCUT2D eigenvalue weighted by molar-refractivity contribution is 5.83. The van der Waals surface area contributed by atoms with E-state index in [0.29, 0.717) is 12.5 Å². The maximum atomic E-state index is 12.0. The van der Waals surface area contributed by atoms with E-state index < -0.39 is 0 Å². The highest BCUT2D eigenvalue weighted by atomic mass is 16.6. The largest absolute Gasteiger partial charge is 0.363 e. The zero-order valence-corrected chi connectivity index (χ0v) is 11.0. The first kappa shape index (κ1) is 11.7. The van der Waals surface area contributed by atoms with E-state index in [9.17, 15) is 4.79 Å². The molecule has 3 nitrogen and oxygen atoms in total. The summed E-state index contributed by atoms with van der Waals surface area (Å²) in [5.41, 5.74) is 4.05. The van der Waals surface area contributed by atoms with Crippen LogP contribution in [0.25, 0.3) is 0 Å². The fourth-order valence-corrected chi connectivity index (χ4v) is 2.52. The smallest absolute Gasteiger partial charge is 0.254 e. The van der Waals surface area contributed by atoms with E-state index in [4.69, 9.17) is 4.74 Å². The van der Waals surface area contributed by atoms with E-state index in [1.165, 1.54) is 16.7 Å². The molecule has 2 aliphatic rings. The Morgan fingerprint density at radius 1 is 1.39 bits per heavy atom. The molecule has 2 aliphatic heterocycles. The molecule has 0 aliphatic carbocycles. The first-order valence-corrected chi connectivity index (χ1v) is 6.67. The zero-order chi connectivity index (χ0) is 12.7. The molecule has 1 aromatic carbocycles. The molecule has 1 unspecified atom stereocenters. The summed E-state index contributed by atoms with van der Waals surface area (Å²) < 4.78 is 5.08. The van der Waals surface area contributed by atoms with E-state index in [0.717, 1.165) is 19.5 Å². The van der Waals surface area contributed by atoms with Gasteiger partial charge in [-0.25, -0.2) is 0 Å². The summed E-state index contributed by atoms with van der Waals surface area (Å²) >= 11 is 0. The van der Waals surface area contributed by atoms with Crippen LogP contribution in [0.2, 0.25) is 0 Å². The molecule has 1 atom stereocenters. The summed E-state index contributed by atoms with van der Waals surface area (Å²) in [6.07, 6.45) is 0.812. The normalized spacial score (nSPS) is 21.9. The predicted octanol–water partition coefficient (Wildman–Crippen LogP) is 2.09. The lowest BCUT2D eigenvalue weighted by Gasteiger charge is -2.29. The van der Waals surface area contributed by atoms with Gasteiger partial charge in [-0.05, 0) is 29.0 Å². The van der Waals surface area contributed by atoms with E-state index >= 15 is 0 Å². The quantitative estimate of drug-likeness (QED) is 0.747. The number of carbonyl (C=O) groups is 1. The summed E-state index contributed by atoms with van der Waals surface area (Å²) in [4.78, 5) is 13.9. The molecule has 1 aromatic rings. The Morgan fingerprint density at radius 2 is 2.17 bits per heavy atom. The average molecular weight is 245 g/mol. The molecule has 0 radical (unpaired) electrons. The van der Waals surface area contributed by atoms with Gasteiger partial charge in [0.25, 0.3) is 5.91 Å². The van der Waals surface area contributed by atoms with Gasteiger partial charge in [-0.1, -0.05) is 32.0 Å². The van der Waals surface area contributed by atoms with Gasteiger partial charge in [0.15, 0.2) is 6.10 Å². The molecule has 96 valence electrons. The van der Waals surface area contributed by atoms with Gasteiger partial charge in [0.1, 0.15) is 0 Å². The molecule has 0 bridgehead atoms. The van der Waals surface area contributed by atoms with Crippen LogP contribution in [0.4, 0.5) is 0 Å². The van der Waals surface area contributed by atoms with Gasteiger partial charge < -0.3 is 9.64 Å². The molecule has 0 aromatic heterocycles. The van der Waals surface area contributed by atoms with Crippen LogP contribution in [-0.2, 0) is 22.5 Å². The molecule has 1 amide bonds. The molecule has 2 heterocycles. The first-order valence-electron chi connectivity index (χ1n) is 6.67. The number of rotatable bonds is 2. The third-order valence-corrected chi connectivity index (χ3v) is 3.83. The number of fused-ring (bicyclic) bond motifs is 1. The number of epoxide rings is 1. The van der Waals surface area contributed by atoms with Crippen molar-refractivity contribution >= 4 is 5.91 Å². The topological polar surface area (TPSA) is 32.8 Å². The van der Waals surface area contributed by atoms with Gasteiger partial charge in [-0.2, -0.15) is 0 Å². The number of hydrogen-bond donors (Lipinski definition) is 0. The van der Waals surface area contributed by atoms with Gasteiger partial charge >= 0.3 is 0 Å². The van der Waals surface area contributed by atoms with E-state index in [-0.39, 0.29) is 12.0 Å². The summed E-state index contributed by atoms with van der Waals surface area (Å²) in [5, 5.41) is 0. The van der Waals surface area contributed by atoms with Crippen LogP contribution in [0.3, 0.4) is 0 Å². The summed E-state index contributed by atoms with van der Waals surface area (Å²) in [5.74, 6) is 0.698. The van der Waals surface area contributed by atoms with Crippen LogP contribution in [0.5, 0.6) is 0 Å². The Bertz CT molecular complexity index is 477. The highest BCUT2D eigenvalue weighted by Gasteiger charge is 2.36. The van der Waals surface area contributed by atoms with Crippen molar-refractivity contribution in [3.8, 4) is 0 Å². The molecule has 3 heteroatoms. The van der Waals surface area contributed by atoms with Crippen LogP contribution in [-0.4, -0.2) is 30.1 Å². The number of ether oxygens (including phenoxy) is 1. The summed E-state index contributed by atoms with van der Waals surface area (Å²) in [6, 6.07) is 6.69. The van der Waals surface area contributed by atoms with Gasteiger partial charge in [0.2, 0.25) is 0 Å². The number of amides is 1. The van der Waals surface area contributed by atoms with Crippen molar-refractivity contribution in [2.24, 2.45) is 0 Å². The molecule has 0 N–H and O–H groups in total. The molecule has 0 saturated carbocycles. The Balaban J connectivity index is 1.81. The predicted molar refractivity (Wildman–Crippen MR) is 69.4 cm³/mol. The molecule has 0 spiro atoms. The lowest BCUT2D eigenvalue weighted by Crippen LogP contribution is -2.38. The second-order valence-electron chi connectivity index (χ2n) is 5.51. The highest BCUT2D eigenvalue weighted by Crippen LogP contribution is 2.25. The number of nitrogens with zero attached hydrogens (tertiary/aromatic N) is 1. The van der Waals surface area contributed by atoms with Crippen LogP contribution in [0, 0.1) is 0 Å². The maximum absolute atomic E-state index is 12.0. The maximum Gasteiger partial charge on any atom is 0.254 e. The molecular formula is C15H19NO2. The summed E-state index contributed by atoms with van der Waals surface area (Å²) in [7, 11) is 0. The summed E-state index contributed by atoms with van der Waals surface area (Å²) in [6.45, 7) is 6.58. The van der Waals surface area contributed by atoms with Crippen LogP contribution >= 0.6 is 0 Å². The van der Waals surface area contributed by atoms with Gasteiger partial charge in [-0.3, -0.25) is 4.79 Å². The molecule has 1 saturated heterocycles. The van der Waals surface area contributed by atoms with Gasteiger partial charge in [0, 0.05) is 13.1 Å². The van der Waals surface area contributed by atoms with Gasteiger partial charge in [0.05, 0.1) is 6.61 Å². The molecule has 3 rings (SSSR count). The number of benzene rings is 1. The van der Waals surface area contributed by atoms with Crippen molar-refractivity contribution in [2.45, 2.75) is 38.8 Å². The first-order chi connectivity index (χ1) is 8.65. The second kappa shape index (κ2) is 4.39. The minimum absolute atomic E-state index is 0.153. The zero-order valence-electron chi connectivity index (χ0n) is 11.0. The third-order valence-electron chi connectivity index (χ3n) is 3.83. The lowest BCUT2D eigenvalue weighted by molar-refractivity contribution is -0.133. The molecule has 1 fully saturated rings. The van der Waals surface area contributed by atoms with Crippen LogP contribution in [0.1, 0.15) is 36.5 Å². The minimum atomic E-state index is -0.153. The van der Waals surface area contributed by atoms with Crippen LogP contribution in [0.15, 0.2) is 18.2 Å². The number of hydrogen-bond acceptors (Lipinski definition) is 2. The Morgan fingerprint density at radius 3 is 2.83 bits per heavy atom. The van der Waals surface area contributed by atoms with Crippen molar-refractivity contribution in [3.05, 3.63) is 34.9 Å². The average Bonchev–Trinajstić information content (AvgIpc) is 3.20.